The zero-order chi connectivity index (χ0) is 12.4. The van der Waals surface area contributed by atoms with Crippen molar-refractivity contribution in [2.45, 2.75) is 6.92 Å². The summed E-state index contributed by atoms with van der Waals surface area (Å²) in [4.78, 5) is 12.5. The Kier molecular flexibility index (Phi) is 4.06. The van der Waals surface area contributed by atoms with Gasteiger partial charge in [0.15, 0.2) is 0 Å². The van der Waals surface area contributed by atoms with E-state index in [1.54, 1.807) is 12.1 Å². The largest absolute Gasteiger partial charge is 0.321 e. The van der Waals surface area contributed by atoms with Crippen molar-refractivity contribution < 1.29 is 4.79 Å². The third-order valence-corrected chi connectivity index (χ3v) is 4.62. The molecule has 0 saturated heterocycles. The van der Waals surface area contributed by atoms with Gasteiger partial charge in [-0.25, -0.2) is 0 Å². The van der Waals surface area contributed by atoms with Crippen molar-refractivity contribution in [3.8, 4) is 0 Å². The van der Waals surface area contributed by atoms with Crippen molar-refractivity contribution >= 4 is 57.1 Å². The predicted octanol–water partition coefficient (Wildman–Crippen LogP) is 4.57. The first-order valence-electron chi connectivity index (χ1n) is 4.89. The Balaban J connectivity index is 2.15. The molecule has 1 heterocycles. The number of rotatable bonds is 2. The first-order valence-corrected chi connectivity index (χ1v) is 7.16. The molecule has 2 nitrogen and oxygen atoms in total. The lowest BCUT2D eigenvalue weighted by molar-refractivity contribution is 0.103. The van der Waals surface area contributed by atoms with Gasteiger partial charge in [-0.1, -0.05) is 17.7 Å². The van der Waals surface area contributed by atoms with Crippen LogP contribution in [0.15, 0.2) is 30.3 Å². The molecule has 2 aromatic rings. The van der Waals surface area contributed by atoms with Gasteiger partial charge in [-0.05, 0) is 59.3 Å². The SMILES string of the molecule is Cc1ccc(NC(=O)c2ccc(Cl)s2)cc1I. The zero-order valence-electron chi connectivity index (χ0n) is 8.96. The minimum Gasteiger partial charge on any atom is -0.321 e. The monoisotopic (exact) mass is 377 g/mol. The summed E-state index contributed by atoms with van der Waals surface area (Å²) in [6, 6.07) is 9.27. The summed E-state index contributed by atoms with van der Waals surface area (Å²) in [5.74, 6) is -0.124. The molecule has 1 aromatic carbocycles. The molecule has 88 valence electrons. The molecule has 0 saturated carbocycles. The Hall–Kier alpha value is -0.590. The molecule has 1 N–H and O–H groups in total. The van der Waals surface area contributed by atoms with Gasteiger partial charge in [0.05, 0.1) is 9.21 Å². The summed E-state index contributed by atoms with van der Waals surface area (Å²) in [6.07, 6.45) is 0. The number of amides is 1. The Morgan fingerprint density at radius 3 is 2.71 bits per heavy atom. The van der Waals surface area contributed by atoms with Gasteiger partial charge in [-0.3, -0.25) is 4.79 Å². The molecule has 0 unspecified atom stereocenters. The number of nitrogens with one attached hydrogen (secondary N) is 1. The van der Waals surface area contributed by atoms with Crippen LogP contribution in [-0.4, -0.2) is 5.91 Å². The number of anilines is 1. The standard InChI is InChI=1S/C12H9ClINOS/c1-7-2-3-8(6-9(7)14)15-12(16)10-4-5-11(13)17-10/h2-6H,1H3,(H,15,16). The molecule has 0 radical (unpaired) electrons. The number of aryl methyl sites for hydroxylation is 1. The predicted molar refractivity (Wildman–Crippen MR) is 81.2 cm³/mol. The average Bonchev–Trinajstić information content (AvgIpc) is 2.70. The normalized spacial score (nSPS) is 10.3. The van der Waals surface area contributed by atoms with Crippen molar-refractivity contribution in [3.05, 3.63) is 48.7 Å². The molecule has 17 heavy (non-hydrogen) atoms. The Labute approximate surface area is 122 Å². The summed E-state index contributed by atoms with van der Waals surface area (Å²) in [6.45, 7) is 2.03. The summed E-state index contributed by atoms with van der Waals surface area (Å²) in [7, 11) is 0. The van der Waals surface area contributed by atoms with E-state index in [1.807, 2.05) is 25.1 Å². The Morgan fingerprint density at radius 2 is 2.12 bits per heavy atom. The lowest BCUT2D eigenvalue weighted by Crippen LogP contribution is -2.10. The van der Waals surface area contributed by atoms with Crippen LogP contribution in [-0.2, 0) is 0 Å². The molecule has 2 rings (SSSR count). The van der Waals surface area contributed by atoms with Crippen LogP contribution in [0.5, 0.6) is 0 Å². The molecule has 1 aromatic heterocycles. The van der Waals surface area contributed by atoms with E-state index < -0.39 is 0 Å². The van der Waals surface area contributed by atoms with Crippen molar-refractivity contribution in [1.29, 1.82) is 0 Å². The van der Waals surface area contributed by atoms with Crippen LogP contribution >= 0.6 is 45.5 Å². The highest BCUT2D eigenvalue weighted by Crippen LogP contribution is 2.23. The van der Waals surface area contributed by atoms with Crippen molar-refractivity contribution in [2.24, 2.45) is 0 Å². The summed E-state index contributed by atoms with van der Waals surface area (Å²) >= 11 is 9.31. The third kappa shape index (κ3) is 3.20. The molecule has 0 atom stereocenters. The molecule has 5 heteroatoms. The number of hydrogen-bond acceptors (Lipinski definition) is 2. The van der Waals surface area contributed by atoms with Crippen LogP contribution in [0.2, 0.25) is 4.34 Å². The summed E-state index contributed by atoms with van der Waals surface area (Å²) in [5.41, 5.74) is 2.00. The number of thiophene rings is 1. The fourth-order valence-electron chi connectivity index (χ4n) is 1.30. The molecule has 0 bridgehead atoms. The third-order valence-electron chi connectivity index (χ3n) is 2.23. The fourth-order valence-corrected chi connectivity index (χ4v) is 2.75. The van der Waals surface area contributed by atoms with Gasteiger partial charge in [-0.15, -0.1) is 11.3 Å². The van der Waals surface area contributed by atoms with E-state index in [9.17, 15) is 4.79 Å². The van der Waals surface area contributed by atoms with Crippen LogP contribution in [0.4, 0.5) is 5.69 Å². The smallest absolute Gasteiger partial charge is 0.265 e. The van der Waals surface area contributed by atoms with E-state index in [1.165, 1.54) is 16.9 Å². The molecule has 0 aliphatic rings. The highest BCUT2D eigenvalue weighted by molar-refractivity contribution is 14.1. The minimum absolute atomic E-state index is 0.124. The van der Waals surface area contributed by atoms with E-state index in [4.69, 9.17) is 11.6 Å². The molecular weight excluding hydrogens is 369 g/mol. The number of carbonyl (C=O) groups excluding carboxylic acids is 1. The molecule has 0 spiro atoms. The Morgan fingerprint density at radius 1 is 1.35 bits per heavy atom. The van der Waals surface area contributed by atoms with E-state index in [-0.39, 0.29) is 5.91 Å². The summed E-state index contributed by atoms with van der Waals surface area (Å²) in [5, 5.41) is 2.85. The van der Waals surface area contributed by atoms with E-state index in [0.29, 0.717) is 9.21 Å². The second-order valence-corrected chi connectivity index (χ2v) is 6.40. The van der Waals surface area contributed by atoms with Gasteiger partial charge in [0.25, 0.3) is 5.91 Å². The second-order valence-electron chi connectivity index (χ2n) is 3.52. The molecule has 0 aliphatic heterocycles. The lowest BCUT2D eigenvalue weighted by Gasteiger charge is -2.05. The van der Waals surface area contributed by atoms with Crippen LogP contribution < -0.4 is 5.32 Å². The van der Waals surface area contributed by atoms with Crippen LogP contribution in [0.3, 0.4) is 0 Å². The van der Waals surface area contributed by atoms with Gasteiger partial charge in [-0.2, -0.15) is 0 Å². The van der Waals surface area contributed by atoms with Crippen LogP contribution in [0.25, 0.3) is 0 Å². The highest BCUT2D eigenvalue weighted by Gasteiger charge is 2.09. The van der Waals surface area contributed by atoms with Crippen molar-refractivity contribution in [2.75, 3.05) is 5.32 Å². The maximum atomic E-state index is 11.9. The zero-order valence-corrected chi connectivity index (χ0v) is 12.7. The first kappa shape index (κ1) is 12.9. The Bertz CT molecular complexity index is 567. The van der Waals surface area contributed by atoms with Crippen LogP contribution in [0, 0.1) is 10.5 Å². The lowest BCUT2D eigenvalue weighted by atomic mass is 10.2. The second kappa shape index (κ2) is 5.37. The van der Waals surface area contributed by atoms with Crippen molar-refractivity contribution in [3.63, 3.8) is 0 Å². The highest BCUT2D eigenvalue weighted by atomic mass is 127. The van der Waals surface area contributed by atoms with Gasteiger partial charge in [0, 0.05) is 9.26 Å². The maximum Gasteiger partial charge on any atom is 0.265 e. The quantitative estimate of drug-likeness (QED) is 0.763. The molecule has 1 amide bonds. The summed E-state index contributed by atoms with van der Waals surface area (Å²) < 4.78 is 1.75. The van der Waals surface area contributed by atoms with E-state index in [0.717, 1.165) is 9.26 Å². The number of benzene rings is 1. The average molecular weight is 378 g/mol. The number of hydrogen-bond donors (Lipinski definition) is 1. The molecule has 0 fully saturated rings. The van der Waals surface area contributed by atoms with E-state index >= 15 is 0 Å². The molecular formula is C12H9ClINOS. The van der Waals surface area contributed by atoms with Crippen molar-refractivity contribution in [1.82, 2.24) is 0 Å². The topological polar surface area (TPSA) is 29.1 Å². The minimum atomic E-state index is -0.124. The maximum absolute atomic E-state index is 11.9. The number of carbonyl (C=O) groups is 1. The first-order chi connectivity index (χ1) is 8.06. The van der Waals surface area contributed by atoms with Gasteiger partial charge >= 0.3 is 0 Å². The van der Waals surface area contributed by atoms with Gasteiger partial charge in [0.2, 0.25) is 0 Å². The number of halogens is 2. The fraction of sp³-hybridized carbons (Fsp3) is 0.0833. The molecule has 0 aliphatic carbocycles. The van der Waals surface area contributed by atoms with Gasteiger partial charge < -0.3 is 5.32 Å². The van der Waals surface area contributed by atoms with E-state index in [2.05, 4.69) is 27.9 Å². The van der Waals surface area contributed by atoms with Gasteiger partial charge in [0.1, 0.15) is 0 Å². The van der Waals surface area contributed by atoms with Crippen LogP contribution in [0.1, 0.15) is 15.2 Å².